The van der Waals surface area contributed by atoms with Crippen molar-refractivity contribution < 1.29 is 19.0 Å². The van der Waals surface area contributed by atoms with E-state index in [2.05, 4.69) is 5.32 Å². The number of nitrogens with one attached hydrogen (secondary N) is 1. The van der Waals surface area contributed by atoms with Gasteiger partial charge in [-0.15, -0.1) is 0 Å². The van der Waals surface area contributed by atoms with Gasteiger partial charge in [-0.05, 0) is 38.3 Å². The Balaban J connectivity index is 2.27. The van der Waals surface area contributed by atoms with Gasteiger partial charge in [0.2, 0.25) is 0 Å². The van der Waals surface area contributed by atoms with Crippen LogP contribution in [-0.2, 0) is 9.53 Å². The van der Waals surface area contributed by atoms with Gasteiger partial charge in [0, 0.05) is 5.56 Å². The van der Waals surface area contributed by atoms with Crippen molar-refractivity contribution in [3.63, 3.8) is 0 Å². The predicted molar refractivity (Wildman–Crippen MR) is 79.6 cm³/mol. The second kappa shape index (κ2) is 7.31. The number of rotatable bonds is 8. The summed E-state index contributed by atoms with van der Waals surface area (Å²) in [6.07, 6.45) is 2.44. The lowest BCUT2D eigenvalue weighted by Crippen LogP contribution is -2.32. The summed E-state index contributed by atoms with van der Waals surface area (Å²) >= 11 is 0. The summed E-state index contributed by atoms with van der Waals surface area (Å²) in [4.78, 5) is 12.3. The van der Waals surface area contributed by atoms with Gasteiger partial charge < -0.3 is 19.5 Å². The minimum atomic E-state index is -0.532. The van der Waals surface area contributed by atoms with Crippen molar-refractivity contribution in [1.29, 1.82) is 0 Å². The first-order chi connectivity index (χ1) is 10.2. The van der Waals surface area contributed by atoms with E-state index in [1.807, 2.05) is 18.2 Å². The standard InChI is InChI=1S/C16H23NO4/c1-4-21-16(18)14(17-10-11-8-9-11)12-6-5-7-13(19-2)15(12)20-3/h5-7,11,14,17H,4,8-10H2,1-3H3. The highest BCUT2D eigenvalue weighted by molar-refractivity contribution is 5.79. The summed E-state index contributed by atoms with van der Waals surface area (Å²) in [5, 5.41) is 3.30. The Morgan fingerprint density at radius 1 is 1.33 bits per heavy atom. The summed E-state index contributed by atoms with van der Waals surface area (Å²) < 4.78 is 15.9. The zero-order chi connectivity index (χ0) is 15.2. The second-order valence-corrected chi connectivity index (χ2v) is 5.12. The molecule has 1 aromatic carbocycles. The van der Waals surface area contributed by atoms with E-state index in [4.69, 9.17) is 14.2 Å². The van der Waals surface area contributed by atoms with Gasteiger partial charge >= 0.3 is 5.97 Å². The molecule has 1 N–H and O–H groups in total. The molecule has 0 bridgehead atoms. The maximum atomic E-state index is 12.3. The van der Waals surface area contributed by atoms with Crippen LogP contribution in [0.5, 0.6) is 11.5 Å². The molecule has 0 radical (unpaired) electrons. The molecule has 0 heterocycles. The minimum Gasteiger partial charge on any atom is -0.493 e. The maximum Gasteiger partial charge on any atom is 0.327 e. The molecule has 0 amide bonds. The maximum absolute atomic E-state index is 12.3. The Hall–Kier alpha value is -1.75. The number of methoxy groups -OCH3 is 2. The molecular weight excluding hydrogens is 270 g/mol. The molecular formula is C16H23NO4. The molecule has 1 aromatic rings. The van der Waals surface area contributed by atoms with Crippen molar-refractivity contribution in [3.8, 4) is 11.5 Å². The number of hydrogen-bond acceptors (Lipinski definition) is 5. The van der Waals surface area contributed by atoms with Crippen molar-refractivity contribution in [1.82, 2.24) is 5.32 Å². The first-order valence-electron chi connectivity index (χ1n) is 7.32. The number of esters is 1. The Morgan fingerprint density at radius 3 is 2.67 bits per heavy atom. The number of benzene rings is 1. The molecule has 2 rings (SSSR count). The van der Waals surface area contributed by atoms with Crippen molar-refractivity contribution in [2.75, 3.05) is 27.4 Å². The Kier molecular flexibility index (Phi) is 5.44. The average Bonchev–Trinajstić information content (AvgIpc) is 3.31. The normalized spacial score (nSPS) is 15.4. The largest absolute Gasteiger partial charge is 0.493 e. The molecule has 0 spiro atoms. The fourth-order valence-electron chi connectivity index (χ4n) is 2.29. The number of carbonyl (C=O) groups excluding carboxylic acids is 1. The van der Waals surface area contributed by atoms with E-state index in [1.165, 1.54) is 12.8 Å². The van der Waals surface area contributed by atoms with Crippen LogP contribution in [-0.4, -0.2) is 33.3 Å². The van der Waals surface area contributed by atoms with Crippen LogP contribution in [0.4, 0.5) is 0 Å². The first kappa shape index (κ1) is 15.6. The fourth-order valence-corrected chi connectivity index (χ4v) is 2.29. The zero-order valence-electron chi connectivity index (χ0n) is 12.8. The van der Waals surface area contributed by atoms with Crippen molar-refractivity contribution in [3.05, 3.63) is 23.8 Å². The van der Waals surface area contributed by atoms with Gasteiger partial charge in [0.15, 0.2) is 11.5 Å². The molecule has 1 aliphatic rings. The number of hydrogen-bond donors (Lipinski definition) is 1. The summed E-state index contributed by atoms with van der Waals surface area (Å²) in [6, 6.07) is 4.99. The van der Waals surface area contributed by atoms with Gasteiger partial charge in [-0.1, -0.05) is 12.1 Å². The molecule has 1 unspecified atom stereocenters. The van der Waals surface area contributed by atoms with Crippen LogP contribution in [0.3, 0.4) is 0 Å². The lowest BCUT2D eigenvalue weighted by Gasteiger charge is -2.21. The second-order valence-electron chi connectivity index (χ2n) is 5.12. The van der Waals surface area contributed by atoms with E-state index in [0.717, 1.165) is 12.1 Å². The topological polar surface area (TPSA) is 56.8 Å². The molecule has 0 aliphatic heterocycles. The van der Waals surface area contributed by atoms with Gasteiger partial charge in [-0.25, -0.2) is 4.79 Å². The molecule has 1 aliphatic carbocycles. The molecule has 1 atom stereocenters. The molecule has 21 heavy (non-hydrogen) atoms. The highest BCUT2D eigenvalue weighted by Gasteiger charge is 2.29. The van der Waals surface area contributed by atoms with Crippen LogP contribution < -0.4 is 14.8 Å². The van der Waals surface area contributed by atoms with Crippen LogP contribution in [0.2, 0.25) is 0 Å². The Bertz CT molecular complexity index is 485. The van der Waals surface area contributed by atoms with E-state index < -0.39 is 6.04 Å². The van der Waals surface area contributed by atoms with E-state index in [9.17, 15) is 4.79 Å². The molecule has 1 fully saturated rings. The Morgan fingerprint density at radius 2 is 2.10 bits per heavy atom. The molecule has 1 saturated carbocycles. The van der Waals surface area contributed by atoms with Crippen LogP contribution in [0.1, 0.15) is 31.4 Å². The van der Waals surface area contributed by atoms with Crippen molar-refractivity contribution in [2.24, 2.45) is 5.92 Å². The van der Waals surface area contributed by atoms with Gasteiger partial charge in [0.05, 0.1) is 20.8 Å². The lowest BCUT2D eigenvalue weighted by molar-refractivity contribution is -0.145. The highest BCUT2D eigenvalue weighted by Crippen LogP contribution is 2.36. The fraction of sp³-hybridized carbons (Fsp3) is 0.562. The summed E-state index contributed by atoms with van der Waals surface area (Å²) in [5.74, 6) is 1.56. The van der Waals surface area contributed by atoms with Gasteiger partial charge in [0.25, 0.3) is 0 Å². The van der Waals surface area contributed by atoms with E-state index in [1.54, 1.807) is 21.1 Å². The van der Waals surface area contributed by atoms with Crippen LogP contribution in [0, 0.1) is 5.92 Å². The number of carbonyl (C=O) groups is 1. The van der Waals surface area contributed by atoms with Gasteiger partial charge in [-0.2, -0.15) is 0 Å². The first-order valence-corrected chi connectivity index (χ1v) is 7.32. The lowest BCUT2D eigenvalue weighted by atomic mass is 10.0. The molecule has 5 heteroatoms. The third kappa shape index (κ3) is 3.88. The van der Waals surface area contributed by atoms with Crippen LogP contribution in [0.15, 0.2) is 18.2 Å². The van der Waals surface area contributed by atoms with Crippen molar-refractivity contribution in [2.45, 2.75) is 25.8 Å². The minimum absolute atomic E-state index is 0.287. The molecule has 116 valence electrons. The van der Waals surface area contributed by atoms with E-state index in [0.29, 0.717) is 24.0 Å². The van der Waals surface area contributed by atoms with Crippen molar-refractivity contribution >= 4 is 5.97 Å². The Labute approximate surface area is 125 Å². The van der Waals surface area contributed by atoms with Gasteiger partial charge in [-0.3, -0.25) is 0 Å². The molecule has 0 saturated heterocycles. The monoisotopic (exact) mass is 293 g/mol. The van der Waals surface area contributed by atoms with Crippen LogP contribution in [0.25, 0.3) is 0 Å². The summed E-state index contributed by atoms with van der Waals surface area (Å²) in [6.45, 7) is 2.97. The summed E-state index contributed by atoms with van der Waals surface area (Å²) in [5.41, 5.74) is 0.746. The smallest absolute Gasteiger partial charge is 0.327 e. The predicted octanol–water partition coefficient (Wildman–Crippen LogP) is 2.31. The van der Waals surface area contributed by atoms with E-state index in [-0.39, 0.29) is 5.97 Å². The third-order valence-electron chi connectivity index (χ3n) is 3.57. The van der Waals surface area contributed by atoms with E-state index >= 15 is 0 Å². The SMILES string of the molecule is CCOC(=O)C(NCC1CC1)c1cccc(OC)c1OC. The third-order valence-corrected chi connectivity index (χ3v) is 3.57. The highest BCUT2D eigenvalue weighted by atomic mass is 16.5. The summed E-state index contributed by atoms with van der Waals surface area (Å²) in [7, 11) is 3.16. The average molecular weight is 293 g/mol. The number of para-hydroxylation sites is 1. The van der Waals surface area contributed by atoms with Gasteiger partial charge in [0.1, 0.15) is 6.04 Å². The molecule has 5 nitrogen and oxygen atoms in total. The quantitative estimate of drug-likeness (QED) is 0.745. The molecule has 0 aromatic heterocycles. The number of ether oxygens (including phenoxy) is 3. The zero-order valence-corrected chi connectivity index (χ0v) is 12.8. The van der Waals surface area contributed by atoms with Crippen LogP contribution >= 0.6 is 0 Å².